The number of benzene rings is 3. The number of Topliss-reactive ketones (excluding diaryl/α,β-unsaturated/α-hetero) is 1. The van der Waals surface area contributed by atoms with Crippen LogP contribution in [0.25, 0.3) is 0 Å². The van der Waals surface area contributed by atoms with Crippen LogP contribution in [0.3, 0.4) is 0 Å². The van der Waals surface area contributed by atoms with Crippen LogP contribution in [-0.4, -0.2) is 30.2 Å². The first-order valence-corrected chi connectivity index (χ1v) is 13.3. The number of rotatable bonds is 6. The minimum absolute atomic E-state index is 0.132. The maximum Gasteiger partial charge on any atom is 0.338 e. The van der Waals surface area contributed by atoms with Crippen molar-refractivity contribution < 1.29 is 23.9 Å². The molecule has 6 nitrogen and oxygen atoms in total. The normalized spacial score (nSPS) is 25.5. The molecule has 2 saturated carbocycles. The lowest BCUT2D eigenvalue weighted by atomic mass is 9.73. The van der Waals surface area contributed by atoms with E-state index in [1.807, 2.05) is 18.2 Å². The van der Waals surface area contributed by atoms with Gasteiger partial charge in [-0.3, -0.25) is 19.3 Å². The molecule has 3 aromatic rings. The van der Waals surface area contributed by atoms with Crippen LogP contribution in [0.15, 0.2) is 72.8 Å². The second kappa shape index (κ2) is 9.68. The lowest BCUT2D eigenvalue weighted by Gasteiger charge is -2.28. The fraction of sp³-hybridized carbons (Fsp3) is 0.267. The van der Waals surface area contributed by atoms with Gasteiger partial charge in [0.1, 0.15) is 0 Å². The number of hydrogen-bond donors (Lipinski definition) is 0. The third-order valence-corrected chi connectivity index (χ3v) is 8.70. The Morgan fingerprint density at radius 2 is 1.63 bits per heavy atom. The molecule has 38 heavy (non-hydrogen) atoms. The molecule has 3 aromatic carbocycles. The molecule has 2 bridgehead atoms. The average molecular weight is 548 g/mol. The van der Waals surface area contributed by atoms with Crippen molar-refractivity contribution >= 4 is 52.5 Å². The van der Waals surface area contributed by atoms with Gasteiger partial charge < -0.3 is 4.74 Å². The van der Waals surface area contributed by atoms with Gasteiger partial charge in [-0.25, -0.2) is 4.79 Å². The summed E-state index contributed by atoms with van der Waals surface area (Å²) in [4.78, 5) is 53.5. The summed E-state index contributed by atoms with van der Waals surface area (Å²) >= 11 is 11.9. The van der Waals surface area contributed by atoms with Crippen LogP contribution in [0.2, 0.25) is 10.0 Å². The molecule has 1 heterocycles. The van der Waals surface area contributed by atoms with E-state index in [1.54, 1.807) is 12.1 Å². The molecule has 6 rings (SSSR count). The molecule has 1 saturated heterocycles. The summed E-state index contributed by atoms with van der Waals surface area (Å²) in [6.45, 7) is -0.514. The first-order chi connectivity index (χ1) is 18.3. The third-order valence-electron chi connectivity index (χ3n) is 8.15. The molecule has 2 amide bonds. The molecule has 5 atom stereocenters. The summed E-state index contributed by atoms with van der Waals surface area (Å²) in [6.07, 6.45) is 1.79. The molecule has 2 aliphatic carbocycles. The Balaban J connectivity index is 1.18. The highest BCUT2D eigenvalue weighted by molar-refractivity contribution is 6.36. The van der Waals surface area contributed by atoms with Gasteiger partial charge in [0.15, 0.2) is 6.61 Å². The van der Waals surface area contributed by atoms with E-state index in [-0.39, 0.29) is 57.6 Å². The quantitative estimate of drug-likeness (QED) is 0.216. The predicted molar refractivity (Wildman–Crippen MR) is 142 cm³/mol. The summed E-state index contributed by atoms with van der Waals surface area (Å²) in [5.41, 5.74) is 1.89. The molecule has 0 unspecified atom stereocenters. The number of ether oxygens (including phenoxy) is 1. The van der Waals surface area contributed by atoms with Gasteiger partial charge in [0.05, 0.1) is 28.1 Å². The van der Waals surface area contributed by atoms with E-state index < -0.39 is 18.4 Å². The van der Waals surface area contributed by atoms with Crippen LogP contribution >= 0.6 is 23.2 Å². The summed E-state index contributed by atoms with van der Waals surface area (Å²) in [5.74, 6) is -1.70. The molecule has 0 radical (unpaired) electrons. The van der Waals surface area contributed by atoms with Gasteiger partial charge in [0.2, 0.25) is 17.6 Å². The minimum atomic E-state index is -0.742. The Labute approximate surface area is 229 Å². The van der Waals surface area contributed by atoms with Crippen molar-refractivity contribution in [3.05, 3.63) is 99.5 Å². The first-order valence-electron chi connectivity index (χ1n) is 12.5. The van der Waals surface area contributed by atoms with Crippen molar-refractivity contribution in [2.24, 2.45) is 23.7 Å². The number of nitrogens with zero attached hydrogens (tertiary/aromatic N) is 1. The number of amides is 2. The molecule has 0 aromatic heterocycles. The monoisotopic (exact) mass is 547 g/mol. The Kier molecular flexibility index (Phi) is 6.33. The van der Waals surface area contributed by atoms with Gasteiger partial charge in [-0.2, -0.15) is 0 Å². The van der Waals surface area contributed by atoms with Gasteiger partial charge in [0, 0.05) is 10.6 Å². The van der Waals surface area contributed by atoms with Crippen molar-refractivity contribution in [1.29, 1.82) is 0 Å². The van der Waals surface area contributed by atoms with Crippen molar-refractivity contribution in [3.8, 4) is 0 Å². The van der Waals surface area contributed by atoms with E-state index in [0.29, 0.717) is 10.7 Å². The van der Waals surface area contributed by atoms with Crippen LogP contribution in [-0.2, 0) is 14.3 Å². The van der Waals surface area contributed by atoms with E-state index in [0.717, 1.165) is 12.8 Å². The summed E-state index contributed by atoms with van der Waals surface area (Å²) in [5, 5.41) is 0.555. The maximum atomic E-state index is 13.6. The fourth-order valence-electron chi connectivity index (χ4n) is 6.58. The zero-order valence-corrected chi connectivity index (χ0v) is 21.7. The van der Waals surface area contributed by atoms with Crippen molar-refractivity contribution in [2.45, 2.75) is 18.8 Å². The van der Waals surface area contributed by atoms with Crippen LogP contribution in [0.4, 0.5) is 5.69 Å². The van der Waals surface area contributed by atoms with Crippen molar-refractivity contribution in [3.63, 3.8) is 0 Å². The van der Waals surface area contributed by atoms with Gasteiger partial charge >= 0.3 is 5.97 Å². The topological polar surface area (TPSA) is 80.8 Å². The zero-order valence-electron chi connectivity index (χ0n) is 20.2. The second-order valence-electron chi connectivity index (χ2n) is 10.1. The van der Waals surface area contributed by atoms with E-state index >= 15 is 0 Å². The van der Waals surface area contributed by atoms with Gasteiger partial charge in [0.25, 0.3) is 0 Å². The largest absolute Gasteiger partial charge is 0.454 e. The van der Waals surface area contributed by atoms with Crippen molar-refractivity contribution in [1.82, 2.24) is 0 Å². The van der Waals surface area contributed by atoms with E-state index in [9.17, 15) is 19.2 Å². The Hall–Kier alpha value is -3.48. The smallest absolute Gasteiger partial charge is 0.338 e. The summed E-state index contributed by atoms with van der Waals surface area (Å²) < 4.78 is 5.21. The lowest BCUT2D eigenvalue weighted by molar-refractivity contribution is -0.123. The van der Waals surface area contributed by atoms with E-state index in [4.69, 9.17) is 27.9 Å². The fourth-order valence-corrected chi connectivity index (χ4v) is 7.09. The molecule has 0 spiro atoms. The summed E-state index contributed by atoms with van der Waals surface area (Å²) in [7, 11) is 0. The Morgan fingerprint density at radius 1 is 0.868 bits per heavy atom. The number of carbonyl (C=O) groups excluding carboxylic acids is 4. The first kappa shape index (κ1) is 24.8. The molecule has 192 valence electrons. The van der Waals surface area contributed by atoms with E-state index in [2.05, 4.69) is 12.1 Å². The van der Waals surface area contributed by atoms with Crippen molar-refractivity contribution in [2.75, 3.05) is 11.5 Å². The van der Waals surface area contributed by atoms with Gasteiger partial charge in [-0.1, -0.05) is 59.6 Å². The molecule has 0 N–H and O–H groups in total. The number of esters is 1. The molecular formula is C30H23Cl2NO5. The van der Waals surface area contributed by atoms with Gasteiger partial charge in [-0.15, -0.1) is 0 Å². The number of fused-ring (bicyclic) bond motifs is 5. The van der Waals surface area contributed by atoms with Gasteiger partial charge in [-0.05, 0) is 72.6 Å². The standard InChI is InChI=1S/C30H23Cl2NO5/c31-19-9-10-21(24(32)14-19)25(34)15-38-30(37)17-7-4-8-20(11-17)33-28(35)26-18-12-22(16-5-2-1-3-6-16)23(13-18)27(26)29(33)36/h1-11,14,18,22-23,26-27H,12-13,15H2/t18-,22+,23-,26-,27+/m1/s1. The number of hydrogen-bond acceptors (Lipinski definition) is 5. The van der Waals surface area contributed by atoms with Crippen LogP contribution in [0.1, 0.15) is 45.0 Å². The highest BCUT2D eigenvalue weighted by Crippen LogP contribution is 2.61. The highest BCUT2D eigenvalue weighted by atomic mass is 35.5. The van der Waals surface area contributed by atoms with Crippen LogP contribution in [0, 0.1) is 23.7 Å². The predicted octanol–water partition coefficient (Wildman–Crippen LogP) is 5.96. The highest BCUT2D eigenvalue weighted by Gasteiger charge is 2.64. The van der Waals surface area contributed by atoms with Crippen LogP contribution in [0.5, 0.6) is 0 Å². The Morgan fingerprint density at radius 3 is 2.39 bits per heavy atom. The minimum Gasteiger partial charge on any atom is -0.454 e. The lowest BCUT2D eigenvalue weighted by Crippen LogP contribution is -2.33. The zero-order chi connectivity index (χ0) is 26.6. The SMILES string of the molecule is O=C(OCC(=O)c1ccc(Cl)cc1Cl)c1cccc(N2C(=O)[C@@H]3[C@H]4C[C@@H]([C@@H]3C2=O)[C@H](c2ccccc2)C4)c1. The average Bonchev–Trinajstić information content (AvgIpc) is 3.59. The number of anilines is 1. The molecule has 8 heteroatoms. The number of ketones is 1. The second-order valence-corrected chi connectivity index (χ2v) is 11.0. The molecule has 3 fully saturated rings. The Bertz CT molecular complexity index is 1470. The van der Waals surface area contributed by atoms with Crippen LogP contribution < -0.4 is 4.90 Å². The van der Waals surface area contributed by atoms with E-state index in [1.165, 1.54) is 40.8 Å². The third kappa shape index (κ3) is 4.12. The number of carbonyl (C=O) groups is 4. The number of imide groups is 1. The molecule has 3 aliphatic rings. The summed E-state index contributed by atoms with van der Waals surface area (Å²) in [6, 6.07) is 20.9. The molecular weight excluding hydrogens is 525 g/mol. The molecule has 1 aliphatic heterocycles. The maximum absolute atomic E-state index is 13.6. The number of halogens is 2.